The Hall–Kier alpha value is -2.15. The number of aromatic amines is 1. The molecule has 2 amide bonds. The lowest BCUT2D eigenvalue weighted by Gasteiger charge is -2.56. The van der Waals surface area contributed by atoms with E-state index < -0.39 is 0 Å². The molecule has 3 saturated heterocycles. The van der Waals surface area contributed by atoms with Crippen LogP contribution in [0.15, 0.2) is 18.2 Å². The van der Waals surface area contributed by atoms with Crippen LogP contribution in [-0.4, -0.2) is 75.0 Å². The number of aromatic nitrogens is 2. The SMILES string of the molecule is CC(C)Cc1cc(CN2C[C@@H]3C[C@H](C2)[C@H](C(=O)N2CC=CC2)N2C(=O)CCC[C@@H]32)[nH]n1. The van der Waals surface area contributed by atoms with Gasteiger partial charge in [0.1, 0.15) is 6.04 Å². The van der Waals surface area contributed by atoms with Gasteiger partial charge in [0.15, 0.2) is 0 Å². The highest BCUT2D eigenvalue weighted by atomic mass is 16.2. The van der Waals surface area contributed by atoms with Gasteiger partial charge in [0.2, 0.25) is 11.8 Å². The van der Waals surface area contributed by atoms with E-state index in [9.17, 15) is 9.59 Å². The molecule has 1 N–H and O–H groups in total. The van der Waals surface area contributed by atoms with Gasteiger partial charge in [-0.25, -0.2) is 0 Å². The van der Waals surface area contributed by atoms with Crippen molar-refractivity contribution >= 4 is 11.8 Å². The van der Waals surface area contributed by atoms with Crippen molar-refractivity contribution in [3.8, 4) is 0 Å². The third-order valence-electron chi connectivity index (χ3n) is 7.50. The standard InChI is InChI=1S/C24H35N5O2/c1-16(2)10-19-12-20(26-25-19)15-27-13-17-11-18(14-27)23(24(31)28-8-3-4-9-28)29-21(17)6-5-7-22(29)30/h3-4,12,16-18,21,23H,5-11,13-15H2,1-2H3,(H,25,26)/t17-,18+,21-,23+/m0/s1. The van der Waals surface area contributed by atoms with Gasteiger partial charge < -0.3 is 9.80 Å². The van der Waals surface area contributed by atoms with Gasteiger partial charge in [-0.2, -0.15) is 5.10 Å². The van der Waals surface area contributed by atoms with E-state index in [1.54, 1.807) is 0 Å². The number of likely N-dealkylation sites (tertiary alicyclic amines) is 1. The first-order valence-electron chi connectivity index (χ1n) is 12.0. The molecule has 1 aromatic heterocycles. The van der Waals surface area contributed by atoms with Gasteiger partial charge >= 0.3 is 0 Å². The highest BCUT2D eigenvalue weighted by molar-refractivity contribution is 5.89. The second-order valence-electron chi connectivity index (χ2n) is 10.4. The summed E-state index contributed by atoms with van der Waals surface area (Å²) in [4.78, 5) is 32.9. The first kappa shape index (κ1) is 20.7. The summed E-state index contributed by atoms with van der Waals surface area (Å²) >= 11 is 0. The van der Waals surface area contributed by atoms with Gasteiger partial charge in [-0.05, 0) is 43.6 Å². The fraction of sp³-hybridized carbons (Fsp3) is 0.708. The van der Waals surface area contributed by atoms with Crippen LogP contribution >= 0.6 is 0 Å². The van der Waals surface area contributed by atoms with Crippen LogP contribution in [0.1, 0.15) is 50.9 Å². The van der Waals surface area contributed by atoms with Gasteiger partial charge in [-0.15, -0.1) is 0 Å². The predicted octanol–water partition coefficient (Wildman–Crippen LogP) is 2.21. The first-order chi connectivity index (χ1) is 15.0. The quantitative estimate of drug-likeness (QED) is 0.734. The summed E-state index contributed by atoms with van der Waals surface area (Å²) in [6.07, 6.45) is 8.73. The van der Waals surface area contributed by atoms with Crippen LogP contribution in [0.5, 0.6) is 0 Å². The Labute approximate surface area is 184 Å². The summed E-state index contributed by atoms with van der Waals surface area (Å²) in [7, 11) is 0. The van der Waals surface area contributed by atoms with Crippen molar-refractivity contribution in [2.24, 2.45) is 17.8 Å². The number of H-pyrrole nitrogens is 1. The van der Waals surface area contributed by atoms with E-state index in [-0.39, 0.29) is 29.8 Å². The lowest BCUT2D eigenvalue weighted by atomic mass is 9.71. The largest absolute Gasteiger partial charge is 0.333 e. The summed E-state index contributed by atoms with van der Waals surface area (Å²) in [5.41, 5.74) is 2.28. The molecule has 0 unspecified atom stereocenters. The van der Waals surface area contributed by atoms with Crippen LogP contribution in [0.4, 0.5) is 0 Å². The molecule has 7 nitrogen and oxygen atoms in total. The lowest BCUT2D eigenvalue weighted by Crippen LogP contribution is -2.68. The van der Waals surface area contributed by atoms with Gasteiger partial charge in [0.05, 0.1) is 5.69 Å². The lowest BCUT2D eigenvalue weighted by molar-refractivity contribution is -0.164. The smallest absolute Gasteiger partial charge is 0.246 e. The molecule has 168 valence electrons. The molecular weight excluding hydrogens is 390 g/mol. The number of nitrogens with zero attached hydrogens (tertiary/aromatic N) is 4. The van der Waals surface area contributed by atoms with Crippen molar-refractivity contribution < 1.29 is 9.59 Å². The Morgan fingerprint density at radius 2 is 2.00 bits per heavy atom. The molecule has 4 aliphatic heterocycles. The molecule has 4 atom stereocenters. The Morgan fingerprint density at radius 1 is 1.23 bits per heavy atom. The predicted molar refractivity (Wildman–Crippen MR) is 118 cm³/mol. The summed E-state index contributed by atoms with van der Waals surface area (Å²) in [6, 6.07) is 2.11. The Kier molecular flexibility index (Phi) is 5.63. The van der Waals surface area contributed by atoms with Crippen molar-refractivity contribution in [2.45, 2.75) is 64.6 Å². The Morgan fingerprint density at radius 3 is 2.77 bits per heavy atom. The van der Waals surface area contributed by atoms with Crippen molar-refractivity contribution in [1.29, 1.82) is 0 Å². The summed E-state index contributed by atoms with van der Waals surface area (Å²) in [5.74, 6) is 1.60. The molecule has 0 radical (unpaired) electrons. The second-order valence-corrected chi connectivity index (χ2v) is 10.4. The van der Waals surface area contributed by atoms with Crippen molar-refractivity contribution in [1.82, 2.24) is 24.9 Å². The third-order valence-corrected chi connectivity index (χ3v) is 7.50. The fourth-order valence-electron chi connectivity index (χ4n) is 6.30. The first-order valence-corrected chi connectivity index (χ1v) is 12.0. The van der Waals surface area contributed by atoms with E-state index in [1.165, 1.54) is 0 Å². The maximum atomic E-state index is 13.5. The third kappa shape index (κ3) is 4.04. The zero-order chi connectivity index (χ0) is 21.5. The Balaban J connectivity index is 1.35. The molecule has 5 rings (SSSR count). The summed E-state index contributed by atoms with van der Waals surface area (Å²) in [6.45, 7) is 8.47. The van der Waals surface area contributed by atoms with E-state index in [1.807, 2.05) is 9.80 Å². The molecule has 2 bridgehead atoms. The van der Waals surface area contributed by atoms with Crippen molar-refractivity contribution in [2.75, 3.05) is 26.2 Å². The van der Waals surface area contributed by atoms with Crippen LogP contribution in [-0.2, 0) is 22.6 Å². The van der Waals surface area contributed by atoms with Crippen LogP contribution in [0.25, 0.3) is 0 Å². The average Bonchev–Trinajstić information content (AvgIpc) is 3.40. The van der Waals surface area contributed by atoms with Crippen LogP contribution in [0.3, 0.4) is 0 Å². The van der Waals surface area contributed by atoms with Gasteiger partial charge in [0.25, 0.3) is 0 Å². The topological polar surface area (TPSA) is 72.5 Å². The molecule has 4 aliphatic rings. The molecule has 0 aromatic carbocycles. The van der Waals surface area contributed by atoms with Gasteiger partial charge in [-0.3, -0.25) is 19.6 Å². The minimum absolute atomic E-state index is 0.149. The van der Waals surface area contributed by atoms with E-state index in [0.29, 0.717) is 31.3 Å². The van der Waals surface area contributed by atoms with Gasteiger partial charge in [0, 0.05) is 56.8 Å². The van der Waals surface area contributed by atoms with Crippen LogP contribution < -0.4 is 0 Å². The second kappa shape index (κ2) is 8.41. The number of carbonyl (C=O) groups excluding carboxylic acids is 2. The van der Waals surface area contributed by atoms with E-state index >= 15 is 0 Å². The Bertz CT molecular complexity index is 854. The van der Waals surface area contributed by atoms with Crippen LogP contribution in [0, 0.1) is 17.8 Å². The number of hydrogen-bond acceptors (Lipinski definition) is 4. The van der Waals surface area contributed by atoms with Gasteiger partial charge in [-0.1, -0.05) is 26.0 Å². The fourth-order valence-corrected chi connectivity index (χ4v) is 6.30. The molecule has 7 heteroatoms. The molecule has 0 aliphatic carbocycles. The number of hydrogen-bond donors (Lipinski definition) is 1. The molecular formula is C24H35N5O2. The molecule has 0 saturated carbocycles. The average molecular weight is 426 g/mol. The number of nitrogens with one attached hydrogen (secondary N) is 1. The number of amides is 2. The number of carbonyl (C=O) groups is 2. The molecule has 31 heavy (non-hydrogen) atoms. The highest BCUT2D eigenvalue weighted by Gasteiger charge is 2.52. The number of rotatable bonds is 5. The molecule has 5 heterocycles. The monoisotopic (exact) mass is 425 g/mol. The van der Waals surface area contributed by atoms with Crippen molar-refractivity contribution in [3.05, 3.63) is 29.6 Å². The van der Waals surface area contributed by atoms with E-state index in [0.717, 1.165) is 56.7 Å². The van der Waals surface area contributed by atoms with E-state index in [4.69, 9.17) is 0 Å². The molecule has 1 aromatic rings. The maximum absolute atomic E-state index is 13.5. The zero-order valence-corrected chi connectivity index (χ0v) is 18.8. The molecule has 3 fully saturated rings. The summed E-state index contributed by atoms with van der Waals surface area (Å²) in [5, 5.41) is 7.72. The molecule has 0 spiro atoms. The van der Waals surface area contributed by atoms with Crippen molar-refractivity contribution in [3.63, 3.8) is 0 Å². The highest BCUT2D eigenvalue weighted by Crippen LogP contribution is 2.42. The minimum atomic E-state index is -0.296. The normalized spacial score (nSPS) is 30.9. The minimum Gasteiger partial charge on any atom is -0.333 e. The zero-order valence-electron chi connectivity index (χ0n) is 18.8. The maximum Gasteiger partial charge on any atom is 0.246 e. The summed E-state index contributed by atoms with van der Waals surface area (Å²) < 4.78 is 0. The number of fused-ring (bicyclic) bond motifs is 4. The number of piperidine rings is 3. The van der Waals surface area contributed by atoms with Crippen LogP contribution in [0.2, 0.25) is 0 Å². The van der Waals surface area contributed by atoms with E-state index in [2.05, 4.69) is 47.2 Å².